The minimum absolute atomic E-state index is 1.04. The molecule has 6 nitrogen and oxygen atoms in total. The smallest absolute Gasteiger partial charge is 0.0542 e. The fraction of sp³-hybridized carbons (Fsp3) is 0.533. The van der Waals surface area contributed by atoms with Crippen molar-refractivity contribution in [2.75, 3.05) is 119 Å². The Kier molecular flexibility index (Phi) is 9.89. The van der Waals surface area contributed by atoms with E-state index in [9.17, 15) is 0 Å². The van der Waals surface area contributed by atoms with Crippen LogP contribution in [0.3, 0.4) is 0 Å². The summed E-state index contributed by atoms with van der Waals surface area (Å²) >= 11 is 3.91. The highest BCUT2D eigenvalue weighted by molar-refractivity contribution is 7.36. The summed E-state index contributed by atoms with van der Waals surface area (Å²) in [6.07, 6.45) is 0. The maximum atomic E-state index is 2.54. The van der Waals surface area contributed by atoms with Gasteiger partial charge in [0.05, 0.1) is 9.40 Å². The Morgan fingerprint density at radius 2 is 0.763 bits per heavy atom. The van der Waals surface area contributed by atoms with Crippen LogP contribution < -0.4 is 9.80 Å². The molecular weight excluding hydrogens is 509 g/mol. The lowest BCUT2D eigenvalue weighted by Gasteiger charge is -2.28. The van der Waals surface area contributed by atoms with Crippen molar-refractivity contribution in [3.63, 3.8) is 0 Å². The molecule has 8 heteroatoms. The lowest BCUT2D eigenvalue weighted by molar-refractivity contribution is 0.391. The number of hydrogen-bond donors (Lipinski definition) is 0. The molecule has 4 rings (SSSR count). The Morgan fingerprint density at radius 3 is 1.05 bits per heavy atom. The van der Waals surface area contributed by atoms with Crippen molar-refractivity contribution in [1.29, 1.82) is 0 Å². The van der Waals surface area contributed by atoms with E-state index in [0.717, 1.165) is 52.4 Å². The zero-order chi connectivity index (χ0) is 27.4. The van der Waals surface area contributed by atoms with Crippen molar-refractivity contribution in [1.82, 2.24) is 19.6 Å². The van der Waals surface area contributed by atoms with E-state index in [4.69, 9.17) is 0 Å². The van der Waals surface area contributed by atoms with Gasteiger partial charge in [-0.3, -0.25) is 0 Å². The Labute approximate surface area is 237 Å². The van der Waals surface area contributed by atoms with E-state index in [1.165, 1.54) is 40.9 Å². The molecule has 0 radical (unpaired) electrons. The zero-order valence-electron chi connectivity index (χ0n) is 24.6. The first-order valence-corrected chi connectivity index (χ1v) is 15.2. The molecule has 0 aliphatic carbocycles. The average molecular weight is 555 g/mol. The molecule has 0 spiro atoms. The number of thiophene rings is 2. The standard InChI is InChI=1S/C30H46N6S2/c1-31(2)13-17-35(18-14-32(3)4)23-9-11-25-27(21-23)37-30-26-12-10-24(22-28(26)38-29(25)30)36(19-15-33(5)6)20-16-34(7)8/h9-12,21-22H,13-20H2,1-8H3. The number of anilines is 2. The van der Waals surface area contributed by atoms with Crippen LogP contribution in [-0.4, -0.2) is 128 Å². The van der Waals surface area contributed by atoms with Gasteiger partial charge in [0, 0.05) is 83.9 Å². The molecule has 2 aromatic heterocycles. The molecule has 0 bridgehead atoms. The van der Waals surface area contributed by atoms with Gasteiger partial charge in [0.15, 0.2) is 0 Å². The molecule has 0 aliphatic rings. The summed E-state index contributed by atoms with van der Waals surface area (Å²) in [4.78, 5) is 14.1. The van der Waals surface area contributed by atoms with Crippen LogP contribution in [0.5, 0.6) is 0 Å². The first-order valence-electron chi connectivity index (χ1n) is 13.6. The van der Waals surface area contributed by atoms with Crippen LogP contribution in [-0.2, 0) is 0 Å². The van der Waals surface area contributed by atoms with Gasteiger partial charge in [0.2, 0.25) is 0 Å². The van der Waals surface area contributed by atoms with Crippen molar-refractivity contribution in [3.8, 4) is 0 Å². The molecule has 38 heavy (non-hydrogen) atoms. The SMILES string of the molecule is CN(C)CCN(CCN(C)C)c1ccc2c(c1)sc1c3ccc(N(CCN(C)C)CCN(C)C)cc3sc21. The average Bonchev–Trinajstić information content (AvgIpc) is 3.38. The Bertz CT molecular complexity index is 1200. The molecule has 2 heterocycles. The maximum Gasteiger partial charge on any atom is 0.0542 e. The summed E-state index contributed by atoms with van der Waals surface area (Å²) in [7, 11) is 17.2. The van der Waals surface area contributed by atoms with Gasteiger partial charge < -0.3 is 29.4 Å². The largest absolute Gasteiger partial charge is 0.369 e. The molecule has 2 aromatic carbocycles. The van der Waals surface area contributed by atoms with E-state index in [-0.39, 0.29) is 0 Å². The molecule has 0 atom stereocenters. The highest BCUT2D eigenvalue weighted by Crippen LogP contribution is 2.45. The predicted octanol–water partition coefficient (Wildman–Crippen LogP) is 5.13. The van der Waals surface area contributed by atoms with Crippen LogP contribution in [0.4, 0.5) is 11.4 Å². The summed E-state index contributed by atoms with van der Waals surface area (Å²) in [6, 6.07) is 14.2. The number of hydrogen-bond acceptors (Lipinski definition) is 8. The van der Waals surface area contributed by atoms with Gasteiger partial charge in [-0.25, -0.2) is 0 Å². The van der Waals surface area contributed by atoms with Gasteiger partial charge in [0.1, 0.15) is 0 Å². The zero-order valence-corrected chi connectivity index (χ0v) is 26.3. The maximum absolute atomic E-state index is 2.54. The van der Waals surface area contributed by atoms with E-state index >= 15 is 0 Å². The Hall–Kier alpha value is -1.94. The second-order valence-electron chi connectivity index (χ2n) is 11.4. The van der Waals surface area contributed by atoms with E-state index in [0.29, 0.717) is 0 Å². The summed E-state index contributed by atoms with van der Waals surface area (Å²) < 4.78 is 5.66. The quantitative estimate of drug-likeness (QED) is 0.214. The predicted molar refractivity (Wildman–Crippen MR) is 173 cm³/mol. The number of nitrogens with zero attached hydrogens (tertiary/aromatic N) is 6. The third-order valence-electron chi connectivity index (χ3n) is 7.05. The van der Waals surface area contributed by atoms with Gasteiger partial charge in [0.25, 0.3) is 0 Å². The van der Waals surface area contributed by atoms with Gasteiger partial charge >= 0.3 is 0 Å². The van der Waals surface area contributed by atoms with Crippen molar-refractivity contribution < 1.29 is 0 Å². The van der Waals surface area contributed by atoms with Crippen molar-refractivity contribution in [2.45, 2.75) is 0 Å². The topological polar surface area (TPSA) is 19.4 Å². The molecule has 208 valence electrons. The number of fused-ring (bicyclic) bond motifs is 5. The highest BCUT2D eigenvalue weighted by atomic mass is 32.1. The molecule has 0 saturated heterocycles. The Balaban J connectivity index is 1.65. The summed E-state index contributed by atoms with van der Waals surface area (Å²) in [5, 5.41) is 2.79. The van der Waals surface area contributed by atoms with Crippen LogP contribution in [0.15, 0.2) is 36.4 Å². The summed E-state index contributed by atoms with van der Waals surface area (Å²) in [5.74, 6) is 0. The van der Waals surface area contributed by atoms with Gasteiger partial charge in [-0.2, -0.15) is 0 Å². The molecule has 0 unspecified atom stereocenters. The Morgan fingerprint density at radius 1 is 0.447 bits per heavy atom. The summed E-state index contributed by atoms with van der Waals surface area (Å²) in [5.41, 5.74) is 2.67. The first kappa shape index (κ1) is 29.1. The van der Waals surface area contributed by atoms with E-state index in [1.54, 1.807) is 0 Å². The van der Waals surface area contributed by atoms with Crippen molar-refractivity contribution in [2.24, 2.45) is 0 Å². The monoisotopic (exact) mass is 554 g/mol. The van der Waals surface area contributed by atoms with Crippen LogP contribution in [0.25, 0.3) is 29.6 Å². The normalized spacial score (nSPS) is 12.4. The molecule has 0 amide bonds. The molecular formula is C30H46N6S2. The third-order valence-corrected chi connectivity index (χ3v) is 9.55. The van der Waals surface area contributed by atoms with Crippen molar-refractivity contribution >= 4 is 63.6 Å². The van der Waals surface area contributed by atoms with Gasteiger partial charge in [-0.15, -0.1) is 22.7 Å². The minimum atomic E-state index is 1.04. The van der Waals surface area contributed by atoms with E-state index < -0.39 is 0 Å². The van der Waals surface area contributed by atoms with Crippen molar-refractivity contribution in [3.05, 3.63) is 36.4 Å². The number of likely N-dealkylation sites (N-methyl/N-ethyl adjacent to an activating group) is 4. The van der Waals surface area contributed by atoms with Crippen LogP contribution in [0, 0.1) is 0 Å². The molecule has 0 N–H and O–H groups in total. The second-order valence-corrected chi connectivity index (χ2v) is 13.5. The second kappa shape index (κ2) is 12.9. The lowest BCUT2D eigenvalue weighted by atomic mass is 10.2. The molecule has 0 saturated carbocycles. The number of rotatable bonds is 14. The van der Waals surface area contributed by atoms with Crippen LogP contribution >= 0.6 is 22.7 Å². The summed E-state index contributed by atoms with van der Waals surface area (Å²) in [6.45, 7) is 8.37. The fourth-order valence-corrected chi connectivity index (χ4v) is 7.37. The third kappa shape index (κ3) is 7.17. The molecule has 0 aliphatic heterocycles. The van der Waals surface area contributed by atoms with Crippen LogP contribution in [0.1, 0.15) is 0 Å². The van der Waals surface area contributed by atoms with E-state index in [2.05, 4.69) is 122 Å². The van der Waals surface area contributed by atoms with E-state index in [1.807, 2.05) is 22.7 Å². The fourth-order valence-electron chi connectivity index (χ4n) is 4.65. The highest BCUT2D eigenvalue weighted by Gasteiger charge is 2.16. The van der Waals surface area contributed by atoms with Gasteiger partial charge in [-0.05, 0) is 80.6 Å². The minimum Gasteiger partial charge on any atom is -0.369 e. The van der Waals surface area contributed by atoms with Crippen LogP contribution in [0.2, 0.25) is 0 Å². The lowest BCUT2D eigenvalue weighted by Crippen LogP contribution is -2.36. The van der Waals surface area contributed by atoms with Gasteiger partial charge in [-0.1, -0.05) is 12.1 Å². The molecule has 0 fully saturated rings. The first-order chi connectivity index (χ1) is 18.1. The number of benzene rings is 2. The molecule has 4 aromatic rings.